The molecule has 0 saturated carbocycles. The van der Waals surface area contributed by atoms with Crippen LogP contribution in [-0.2, 0) is 33.3 Å². The van der Waals surface area contributed by atoms with Gasteiger partial charge in [-0.1, -0.05) is 0 Å². The average molecular weight is 298 g/mol. The van der Waals surface area contributed by atoms with Crippen LogP contribution < -0.4 is 0 Å². The second-order valence-electron chi connectivity index (χ2n) is 4.34. The number of ether oxygens (including phenoxy) is 4. The van der Waals surface area contributed by atoms with E-state index in [0.29, 0.717) is 5.57 Å². The summed E-state index contributed by atoms with van der Waals surface area (Å²) in [6, 6.07) is 0. The predicted octanol–water partition coefficient (Wildman–Crippen LogP) is 0.537. The lowest BCUT2D eigenvalue weighted by Gasteiger charge is -2.33. The molecule has 7 heteroatoms. The van der Waals surface area contributed by atoms with E-state index in [4.69, 9.17) is 18.9 Å². The third-order valence-corrected chi connectivity index (χ3v) is 2.90. The van der Waals surface area contributed by atoms with Crippen molar-refractivity contribution in [1.29, 1.82) is 0 Å². The van der Waals surface area contributed by atoms with Gasteiger partial charge < -0.3 is 18.9 Å². The summed E-state index contributed by atoms with van der Waals surface area (Å²) in [7, 11) is 2.78. The molecular weight excluding hydrogens is 280 g/mol. The smallest absolute Gasteiger partial charge is 0.302 e. The van der Waals surface area contributed by atoms with E-state index in [1.165, 1.54) is 40.2 Å². The molecule has 0 bridgehead atoms. The Morgan fingerprint density at radius 3 is 2.05 bits per heavy atom. The van der Waals surface area contributed by atoms with Gasteiger partial charge in [0.1, 0.15) is 13.2 Å². The van der Waals surface area contributed by atoms with Crippen molar-refractivity contribution >= 4 is 17.7 Å². The van der Waals surface area contributed by atoms with Gasteiger partial charge in [-0.05, 0) is 12.2 Å². The Morgan fingerprint density at radius 2 is 1.57 bits per heavy atom. The number of carbonyl (C=O) groups is 3. The van der Waals surface area contributed by atoms with E-state index >= 15 is 0 Å². The zero-order valence-corrected chi connectivity index (χ0v) is 12.4. The second kappa shape index (κ2) is 7.14. The number of carbonyl (C=O) groups excluding carboxylic acids is 3. The van der Waals surface area contributed by atoms with Gasteiger partial charge in [0, 0.05) is 39.2 Å². The Balaban J connectivity index is 3.02. The first-order valence-corrected chi connectivity index (χ1v) is 6.18. The van der Waals surface area contributed by atoms with E-state index in [2.05, 4.69) is 0 Å². The summed E-state index contributed by atoms with van der Waals surface area (Å²) in [6.07, 6.45) is 2.67. The normalized spacial score (nSPS) is 16.9. The third kappa shape index (κ3) is 4.24. The molecule has 0 aromatic rings. The van der Waals surface area contributed by atoms with E-state index in [-0.39, 0.29) is 24.6 Å². The van der Waals surface area contributed by atoms with Crippen molar-refractivity contribution < 1.29 is 33.3 Å². The lowest BCUT2D eigenvalue weighted by molar-refractivity contribution is -0.156. The van der Waals surface area contributed by atoms with Gasteiger partial charge in [-0.25, -0.2) is 0 Å². The maximum absolute atomic E-state index is 12.0. The summed E-state index contributed by atoms with van der Waals surface area (Å²) in [5.74, 6) is -2.68. The van der Waals surface area contributed by atoms with Crippen molar-refractivity contribution in [1.82, 2.24) is 0 Å². The Hall–Kier alpha value is -1.99. The molecule has 0 heterocycles. The summed E-state index contributed by atoms with van der Waals surface area (Å²) in [6.45, 7) is 2.18. The highest BCUT2D eigenvalue weighted by atomic mass is 16.7. The van der Waals surface area contributed by atoms with Crippen molar-refractivity contribution in [2.75, 3.05) is 27.4 Å². The Kier molecular flexibility index (Phi) is 5.80. The van der Waals surface area contributed by atoms with Crippen LogP contribution in [0, 0.1) is 0 Å². The van der Waals surface area contributed by atoms with Gasteiger partial charge >= 0.3 is 11.9 Å². The molecule has 0 aliphatic heterocycles. The average Bonchev–Trinajstić information content (AvgIpc) is 2.44. The minimum absolute atomic E-state index is 0.139. The molecule has 1 rings (SSSR count). The predicted molar refractivity (Wildman–Crippen MR) is 71.2 cm³/mol. The van der Waals surface area contributed by atoms with Crippen LogP contribution in [-0.4, -0.2) is 50.9 Å². The van der Waals surface area contributed by atoms with Crippen LogP contribution in [0.2, 0.25) is 0 Å². The van der Waals surface area contributed by atoms with Gasteiger partial charge in [-0.2, -0.15) is 0 Å². The Bertz CT molecular complexity index is 497. The van der Waals surface area contributed by atoms with Gasteiger partial charge in [0.05, 0.1) is 0 Å². The van der Waals surface area contributed by atoms with Crippen LogP contribution in [0.3, 0.4) is 0 Å². The molecule has 0 aromatic carbocycles. The van der Waals surface area contributed by atoms with Crippen LogP contribution in [0.4, 0.5) is 0 Å². The fourth-order valence-electron chi connectivity index (χ4n) is 1.82. The molecule has 1 aliphatic rings. The van der Waals surface area contributed by atoms with Crippen LogP contribution in [0.15, 0.2) is 23.3 Å². The lowest BCUT2D eigenvalue weighted by atomic mass is 9.93. The number of methoxy groups -OCH3 is 2. The molecule has 0 radical (unpaired) electrons. The molecule has 0 aromatic heterocycles. The molecular formula is C14H18O7. The molecule has 0 fully saturated rings. The van der Waals surface area contributed by atoms with E-state index in [1.807, 2.05) is 0 Å². The maximum atomic E-state index is 12.0. The molecule has 0 saturated heterocycles. The highest BCUT2D eigenvalue weighted by Gasteiger charge is 2.38. The number of esters is 2. The zero-order chi connectivity index (χ0) is 16.0. The molecule has 0 atom stereocenters. The van der Waals surface area contributed by atoms with Gasteiger partial charge in [0.2, 0.25) is 5.79 Å². The molecule has 1 aliphatic carbocycles. The summed E-state index contributed by atoms with van der Waals surface area (Å²) in [5.41, 5.74) is 0.569. The topological polar surface area (TPSA) is 88.1 Å². The highest BCUT2D eigenvalue weighted by molar-refractivity contribution is 6.06. The molecule has 0 spiro atoms. The van der Waals surface area contributed by atoms with Crippen molar-refractivity contribution in [3.8, 4) is 0 Å². The van der Waals surface area contributed by atoms with Gasteiger partial charge in [0.15, 0.2) is 5.78 Å². The van der Waals surface area contributed by atoms with E-state index < -0.39 is 17.7 Å². The molecule has 0 unspecified atom stereocenters. The van der Waals surface area contributed by atoms with Crippen molar-refractivity contribution in [2.24, 2.45) is 0 Å². The van der Waals surface area contributed by atoms with Gasteiger partial charge in [-0.15, -0.1) is 0 Å². The minimum atomic E-state index is -1.33. The van der Waals surface area contributed by atoms with E-state index in [0.717, 1.165) is 0 Å². The van der Waals surface area contributed by atoms with Crippen LogP contribution >= 0.6 is 0 Å². The molecule has 0 N–H and O–H groups in total. The number of ketones is 1. The quantitative estimate of drug-likeness (QED) is 0.522. The Labute approximate surface area is 122 Å². The van der Waals surface area contributed by atoms with Crippen molar-refractivity contribution in [2.45, 2.75) is 19.6 Å². The summed E-state index contributed by atoms with van der Waals surface area (Å²) in [4.78, 5) is 33.7. The van der Waals surface area contributed by atoms with Gasteiger partial charge in [-0.3, -0.25) is 14.4 Å². The summed E-state index contributed by atoms with van der Waals surface area (Å²) in [5, 5.41) is 0. The fourth-order valence-corrected chi connectivity index (χ4v) is 1.82. The minimum Gasteiger partial charge on any atom is -0.461 e. The third-order valence-electron chi connectivity index (χ3n) is 2.90. The van der Waals surface area contributed by atoms with Crippen molar-refractivity contribution in [3.05, 3.63) is 23.3 Å². The van der Waals surface area contributed by atoms with E-state index in [1.54, 1.807) is 0 Å². The number of hydrogen-bond donors (Lipinski definition) is 0. The first-order chi connectivity index (χ1) is 9.84. The zero-order valence-electron chi connectivity index (χ0n) is 12.4. The number of allylic oxidation sites excluding steroid dienone is 1. The van der Waals surface area contributed by atoms with Crippen LogP contribution in [0.25, 0.3) is 0 Å². The number of hydrogen-bond acceptors (Lipinski definition) is 7. The molecule has 116 valence electrons. The first kappa shape index (κ1) is 17.1. The SMILES string of the molecule is COC1(OC)C=C(COC(C)=O)C(=O)C=C1COC(C)=O. The molecule has 21 heavy (non-hydrogen) atoms. The lowest BCUT2D eigenvalue weighted by Crippen LogP contribution is -2.40. The summed E-state index contributed by atoms with van der Waals surface area (Å²) < 4.78 is 20.3. The van der Waals surface area contributed by atoms with Crippen LogP contribution in [0.1, 0.15) is 13.8 Å². The van der Waals surface area contributed by atoms with Crippen molar-refractivity contribution in [3.63, 3.8) is 0 Å². The molecule has 7 nitrogen and oxygen atoms in total. The van der Waals surface area contributed by atoms with Gasteiger partial charge in [0.25, 0.3) is 0 Å². The van der Waals surface area contributed by atoms with E-state index in [9.17, 15) is 14.4 Å². The Morgan fingerprint density at radius 1 is 1.05 bits per heavy atom. The monoisotopic (exact) mass is 298 g/mol. The molecule has 0 amide bonds. The standard InChI is InChI=1S/C14H18O7/c1-9(15)20-7-11-6-14(18-3,19-4)12(5-13(11)17)8-21-10(2)16/h5-6H,7-8H2,1-4H3. The highest BCUT2D eigenvalue weighted by Crippen LogP contribution is 2.30. The number of rotatable bonds is 6. The fraction of sp³-hybridized carbons (Fsp3) is 0.500. The second-order valence-corrected chi connectivity index (χ2v) is 4.34. The maximum Gasteiger partial charge on any atom is 0.302 e. The summed E-state index contributed by atoms with van der Waals surface area (Å²) >= 11 is 0. The largest absolute Gasteiger partial charge is 0.461 e. The first-order valence-electron chi connectivity index (χ1n) is 6.18. The van der Waals surface area contributed by atoms with Crippen LogP contribution in [0.5, 0.6) is 0 Å².